The molecule has 2 aromatic carbocycles. The molecule has 0 N–H and O–H groups in total. The Labute approximate surface area is 154 Å². The summed E-state index contributed by atoms with van der Waals surface area (Å²) in [5.74, 6) is -3.51. The molecule has 0 amide bonds. The van der Waals surface area contributed by atoms with Crippen molar-refractivity contribution in [2.24, 2.45) is 0 Å². The second-order valence-corrected chi connectivity index (χ2v) is 8.73. The van der Waals surface area contributed by atoms with E-state index in [1.165, 1.54) is 19.9 Å². The van der Waals surface area contributed by atoms with Crippen LogP contribution < -0.4 is 0 Å². The normalized spacial score (nSPS) is 16.6. The maximum Gasteiger partial charge on any atom is 0.210 e. The van der Waals surface area contributed by atoms with Gasteiger partial charge in [0.25, 0.3) is 0 Å². The summed E-state index contributed by atoms with van der Waals surface area (Å²) in [5.41, 5.74) is -1.83. The molecule has 4 nitrogen and oxygen atoms in total. The third-order valence-corrected chi connectivity index (χ3v) is 5.23. The Hall–Kier alpha value is -2.61. The highest BCUT2D eigenvalue weighted by Crippen LogP contribution is 2.42. The molecule has 1 aliphatic rings. The van der Waals surface area contributed by atoms with Gasteiger partial charge < -0.3 is 4.74 Å². The maximum atomic E-state index is 14.6. The summed E-state index contributed by atoms with van der Waals surface area (Å²) in [6.07, 6.45) is 0.931. The minimum atomic E-state index is -3.64. The summed E-state index contributed by atoms with van der Waals surface area (Å²) in [4.78, 5) is 12.5. The molecule has 142 valence electrons. The van der Waals surface area contributed by atoms with Gasteiger partial charge in [0.1, 0.15) is 23.2 Å². The number of benzene rings is 2. The Bertz CT molecular complexity index is 1080. The zero-order valence-corrected chi connectivity index (χ0v) is 15.5. The van der Waals surface area contributed by atoms with Crippen LogP contribution in [0.2, 0.25) is 0 Å². The molecular formula is C19H15F3O4S. The van der Waals surface area contributed by atoms with E-state index in [9.17, 15) is 26.4 Å². The van der Waals surface area contributed by atoms with Crippen molar-refractivity contribution >= 4 is 27.0 Å². The van der Waals surface area contributed by atoms with Gasteiger partial charge in [0.2, 0.25) is 5.78 Å². The van der Waals surface area contributed by atoms with Gasteiger partial charge in [-0.25, -0.2) is 21.6 Å². The third-order valence-electron chi connectivity index (χ3n) is 4.12. The zero-order chi connectivity index (χ0) is 20.1. The summed E-state index contributed by atoms with van der Waals surface area (Å²) >= 11 is 0. The van der Waals surface area contributed by atoms with Gasteiger partial charge in [-0.05, 0) is 49.7 Å². The fourth-order valence-corrected chi connectivity index (χ4v) is 3.45. The van der Waals surface area contributed by atoms with Gasteiger partial charge >= 0.3 is 0 Å². The van der Waals surface area contributed by atoms with Gasteiger partial charge in [-0.15, -0.1) is 0 Å². The number of rotatable bonds is 3. The lowest BCUT2D eigenvalue weighted by molar-refractivity contribution is -0.125. The average Bonchev–Trinajstić information content (AvgIpc) is 2.75. The largest absolute Gasteiger partial charge is 0.478 e. The number of carbonyl (C=O) groups is 1. The first-order valence-corrected chi connectivity index (χ1v) is 9.74. The summed E-state index contributed by atoms with van der Waals surface area (Å²) in [5, 5.41) is 0. The molecule has 0 fully saturated rings. The third kappa shape index (κ3) is 3.49. The quantitative estimate of drug-likeness (QED) is 0.793. The van der Waals surface area contributed by atoms with Crippen molar-refractivity contribution in [3.05, 3.63) is 65.0 Å². The van der Waals surface area contributed by atoms with E-state index >= 15 is 0 Å². The van der Waals surface area contributed by atoms with Crippen LogP contribution in [0.25, 0.3) is 11.3 Å². The minimum absolute atomic E-state index is 0.0929. The van der Waals surface area contributed by atoms with E-state index in [0.29, 0.717) is 6.07 Å². The van der Waals surface area contributed by atoms with Crippen molar-refractivity contribution in [2.75, 3.05) is 6.26 Å². The first-order chi connectivity index (χ1) is 12.4. The van der Waals surface area contributed by atoms with Crippen molar-refractivity contribution in [1.29, 1.82) is 0 Å². The van der Waals surface area contributed by atoms with Crippen molar-refractivity contribution in [3.8, 4) is 0 Å². The van der Waals surface area contributed by atoms with Crippen LogP contribution in [-0.2, 0) is 19.4 Å². The van der Waals surface area contributed by atoms with E-state index in [4.69, 9.17) is 4.74 Å². The molecule has 3 rings (SSSR count). The summed E-state index contributed by atoms with van der Waals surface area (Å²) < 4.78 is 70.7. The molecule has 0 unspecified atom stereocenters. The van der Waals surface area contributed by atoms with Gasteiger partial charge in [0.15, 0.2) is 15.4 Å². The lowest BCUT2D eigenvalue weighted by Gasteiger charge is -2.18. The Morgan fingerprint density at radius 3 is 2.07 bits per heavy atom. The van der Waals surface area contributed by atoms with E-state index in [1.54, 1.807) is 0 Å². The lowest BCUT2D eigenvalue weighted by Crippen LogP contribution is -2.29. The van der Waals surface area contributed by atoms with Gasteiger partial charge in [-0.2, -0.15) is 0 Å². The van der Waals surface area contributed by atoms with Crippen LogP contribution in [0.4, 0.5) is 13.2 Å². The van der Waals surface area contributed by atoms with Gasteiger partial charge in [-0.1, -0.05) is 0 Å². The molecule has 0 spiro atoms. The van der Waals surface area contributed by atoms with Crippen LogP contribution in [0, 0.1) is 17.5 Å². The van der Waals surface area contributed by atoms with Crippen LogP contribution in [0.3, 0.4) is 0 Å². The Balaban J connectivity index is 2.26. The zero-order valence-electron chi connectivity index (χ0n) is 14.6. The number of ether oxygens (including phenoxy) is 1. The summed E-state index contributed by atoms with van der Waals surface area (Å²) in [6.45, 7) is 2.89. The highest BCUT2D eigenvalue weighted by molar-refractivity contribution is 7.90. The van der Waals surface area contributed by atoms with Crippen LogP contribution in [-0.4, -0.2) is 26.1 Å². The molecule has 0 radical (unpaired) electrons. The topological polar surface area (TPSA) is 60.4 Å². The second-order valence-electron chi connectivity index (χ2n) is 6.72. The van der Waals surface area contributed by atoms with E-state index in [2.05, 4.69) is 0 Å². The SMILES string of the molecule is CC1(C)OC(c2ccc(S(C)(=O)=O)cc2F)=C(c2cc(F)cc(F)c2)C1=O. The van der Waals surface area contributed by atoms with E-state index in [-0.39, 0.29) is 27.4 Å². The lowest BCUT2D eigenvalue weighted by atomic mass is 9.92. The highest BCUT2D eigenvalue weighted by atomic mass is 32.2. The number of sulfone groups is 1. The minimum Gasteiger partial charge on any atom is -0.478 e. The first-order valence-electron chi connectivity index (χ1n) is 7.85. The molecule has 1 aliphatic heterocycles. The van der Waals surface area contributed by atoms with Crippen LogP contribution in [0.1, 0.15) is 25.0 Å². The number of halogens is 3. The molecule has 0 atom stereocenters. The molecule has 0 aliphatic carbocycles. The molecule has 8 heteroatoms. The number of hydrogen-bond donors (Lipinski definition) is 0. The van der Waals surface area contributed by atoms with Crippen molar-refractivity contribution in [2.45, 2.75) is 24.3 Å². The molecule has 0 bridgehead atoms. The molecular weight excluding hydrogens is 381 g/mol. The van der Waals surface area contributed by atoms with E-state index in [0.717, 1.165) is 30.5 Å². The number of hydrogen-bond acceptors (Lipinski definition) is 4. The number of Topliss-reactive ketones (excluding diaryl/α,β-unsaturated/α-hetero) is 1. The maximum absolute atomic E-state index is 14.6. The predicted octanol–water partition coefficient (Wildman–Crippen LogP) is 3.75. The fourth-order valence-electron chi connectivity index (χ4n) is 2.82. The van der Waals surface area contributed by atoms with Crippen LogP contribution in [0.5, 0.6) is 0 Å². The number of ketones is 1. The molecule has 2 aromatic rings. The van der Waals surface area contributed by atoms with Crippen molar-refractivity contribution < 1.29 is 31.1 Å². The van der Waals surface area contributed by atoms with Gasteiger partial charge in [0, 0.05) is 12.3 Å². The fraction of sp³-hybridized carbons (Fsp3) is 0.211. The van der Waals surface area contributed by atoms with Crippen LogP contribution >= 0.6 is 0 Å². The Kier molecular flexibility index (Phi) is 4.42. The molecule has 1 heterocycles. The number of carbonyl (C=O) groups excluding carboxylic acids is 1. The summed E-state index contributed by atoms with van der Waals surface area (Å²) in [6, 6.07) is 5.68. The summed E-state index contributed by atoms with van der Waals surface area (Å²) in [7, 11) is -3.64. The van der Waals surface area contributed by atoms with Crippen molar-refractivity contribution in [1.82, 2.24) is 0 Å². The Morgan fingerprint density at radius 2 is 1.56 bits per heavy atom. The Morgan fingerprint density at radius 1 is 0.963 bits per heavy atom. The van der Waals surface area contributed by atoms with Crippen LogP contribution in [0.15, 0.2) is 41.3 Å². The van der Waals surface area contributed by atoms with Gasteiger partial charge in [0.05, 0.1) is 16.0 Å². The van der Waals surface area contributed by atoms with Crippen molar-refractivity contribution in [3.63, 3.8) is 0 Å². The first kappa shape index (κ1) is 19.2. The molecule has 0 aromatic heterocycles. The molecule has 27 heavy (non-hydrogen) atoms. The average molecular weight is 396 g/mol. The highest BCUT2D eigenvalue weighted by Gasteiger charge is 2.43. The standard InChI is InChI=1S/C19H15F3O4S/c1-19(2)18(23)16(10-6-11(20)8-12(21)7-10)17(26-19)14-5-4-13(9-15(14)22)27(3,24)25/h4-9H,1-3H3. The second kappa shape index (κ2) is 6.23. The monoisotopic (exact) mass is 396 g/mol. The van der Waals surface area contributed by atoms with E-state index < -0.39 is 38.7 Å². The smallest absolute Gasteiger partial charge is 0.210 e. The predicted molar refractivity (Wildman–Crippen MR) is 92.9 cm³/mol. The molecule has 0 saturated carbocycles. The van der Waals surface area contributed by atoms with E-state index in [1.807, 2.05) is 0 Å². The van der Waals surface area contributed by atoms with Gasteiger partial charge in [-0.3, -0.25) is 4.79 Å². The molecule has 0 saturated heterocycles.